The minimum Gasteiger partial charge on any atom is -0.303 e. The fourth-order valence-electron chi connectivity index (χ4n) is 0.632. The predicted molar refractivity (Wildman–Crippen MR) is 32.6 cm³/mol. The van der Waals surface area contributed by atoms with Crippen molar-refractivity contribution in [2.24, 2.45) is 0 Å². The second-order valence-electron chi connectivity index (χ2n) is 2.11. The fourth-order valence-corrected chi connectivity index (χ4v) is 0.632. The van der Waals surface area contributed by atoms with Crippen LogP contribution in [-0.4, -0.2) is 6.29 Å². The minimum absolute atomic E-state index is 0.698. The van der Waals surface area contributed by atoms with Gasteiger partial charge >= 0.3 is 0 Å². The van der Waals surface area contributed by atoms with Crippen LogP contribution in [-0.2, 0) is 4.79 Å². The molecule has 0 unspecified atom stereocenters. The van der Waals surface area contributed by atoms with Crippen LogP contribution in [0, 0.1) is 0 Å². The molecule has 1 nitrogen and oxygen atoms in total. The van der Waals surface area contributed by atoms with E-state index in [0.717, 1.165) is 12.7 Å². The second-order valence-corrected chi connectivity index (χ2v) is 2.11. The van der Waals surface area contributed by atoms with Crippen molar-refractivity contribution in [3.05, 3.63) is 11.6 Å². The quantitative estimate of drug-likeness (QED) is 0.307. The molecular weight excluding hydrogens is 100 g/mol. The van der Waals surface area contributed by atoms with Gasteiger partial charge < -0.3 is 4.79 Å². The lowest BCUT2D eigenvalue weighted by Gasteiger charge is -1.77. The molecule has 0 amide bonds. The smallest absolute Gasteiger partial charge is 0.120 e. The maximum atomic E-state index is 9.78. The number of hydrogen-bond acceptors (Lipinski definition) is 1. The monoisotopic (exact) mass is 110 g/mol. The highest BCUT2D eigenvalue weighted by atomic mass is 16.1. The van der Waals surface area contributed by atoms with Gasteiger partial charge in [0.2, 0.25) is 0 Å². The summed E-state index contributed by atoms with van der Waals surface area (Å²) in [5.74, 6) is 0. The topological polar surface area (TPSA) is 17.1 Å². The molecule has 1 aliphatic rings. The van der Waals surface area contributed by atoms with Gasteiger partial charge in [0.15, 0.2) is 0 Å². The Hall–Kier alpha value is -0.590. The SMILES string of the molecule is O=CCCC=C1CC1. The highest BCUT2D eigenvalue weighted by molar-refractivity contribution is 5.49. The van der Waals surface area contributed by atoms with Crippen LogP contribution >= 0.6 is 0 Å². The molecular formula is C7H10O. The van der Waals surface area contributed by atoms with Crippen LogP contribution in [0.5, 0.6) is 0 Å². The predicted octanol–water partition coefficient (Wildman–Crippen LogP) is 1.69. The lowest BCUT2D eigenvalue weighted by molar-refractivity contribution is -0.107. The molecule has 0 aromatic carbocycles. The molecule has 0 aromatic rings. The van der Waals surface area contributed by atoms with Crippen molar-refractivity contribution in [3.63, 3.8) is 0 Å². The van der Waals surface area contributed by atoms with Crippen molar-refractivity contribution >= 4 is 6.29 Å². The first-order chi connectivity index (χ1) is 3.93. The Labute approximate surface area is 49.4 Å². The summed E-state index contributed by atoms with van der Waals surface area (Å²) < 4.78 is 0. The largest absolute Gasteiger partial charge is 0.303 e. The van der Waals surface area contributed by atoms with E-state index in [0.29, 0.717) is 6.42 Å². The van der Waals surface area contributed by atoms with Gasteiger partial charge in [0.1, 0.15) is 6.29 Å². The van der Waals surface area contributed by atoms with Crippen LogP contribution in [0.25, 0.3) is 0 Å². The average Bonchev–Trinajstić information content (AvgIpc) is 2.51. The molecule has 0 heterocycles. The Bertz CT molecular complexity index is 108. The number of hydrogen-bond donors (Lipinski definition) is 0. The second kappa shape index (κ2) is 2.65. The van der Waals surface area contributed by atoms with Crippen LogP contribution in [0.3, 0.4) is 0 Å². The Morgan fingerprint density at radius 1 is 1.38 bits per heavy atom. The van der Waals surface area contributed by atoms with E-state index in [-0.39, 0.29) is 0 Å². The summed E-state index contributed by atoms with van der Waals surface area (Å²) in [5.41, 5.74) is 1.53. The van der Waals surface area contributed by atoms with E-state index in [2.05, 4.69) is 6.08 Å². The van der Waals surface area contributed by atoms with E-state index in [1.165, 1.54) is 18.4 Å². The molecule has 0 aromatic heterocycles. The lowest BCUT2D eigenvalue weighted by Crippen LogP contribution is -1.68. The molecule has 8 heavy (non-hydrogen) atoms. The molecule has 0 spiro atoms. The van der Waals surface area contributed by atoms with Crippen LogP contribution in [0.4, 0.5) is 0 Å². The van der Waals surface area contributed by atoms with Gasteiger partial charge in [0.25, 0.3) is 0 Å². The average molecular weight is 110 g/mol. The summed E-state index contributed by atoms with van der Waals surface area (Å²) in [5, 5.41) is 0. The summed E-state index contributed by atoms with van der Waals surface area (Å²) >= 11 is 0. The van der Waals surface area contributed by atoms with Crippen LogP contribution in [0.1, 0.15) is 25.7 Å². The number of unbranched alkanes of at least 4 members (excludes halogenated alkanes) is 1. The van der Waals surface area contributed by atoms with Gasteiger partial charge in [-0.2, -0.15) is 0 Å². The first-order valence-electron chi connectivity index (χ1n) is 3.05. The zero-order chi connectivity index (χ0) is 5.82. The molecule has 0 N–H and O–H groups in total. The van der Waals surface area contributed by atoms with E-state index in [9.17, 15) is 4.79 Å². The lowest BCUT2D eigenvalue weighted by atomic mass is 10.3. The van der Waals surface area contributed by atoms with Gasteiger partial charge in [-0.25, -0.2) is 0 Å². The normalized spacial score (nSPS) is 15.8. The molecule has 1 fully saturated rings. The van der Waals surface area contributed by atoms with Crippen molar-refractivity contribution in [1.29, 1.82) is 0 Å². The van der Waals surface area contributed by atoms with E-state index >= 15 is 0 Å². The molecule has 44 valence electrons. The standard InChI is InChI=1S/C7H10O/c8-6-2-1-3-7-4-5-7/h3,6H,1-2,4-5H2. The third-order valence-electron chi connectivity index (χ3n) is 1.26. The number of aldehydes is 1. The van der Waals surface area contributed by atoms with Crippen LogP contribution in [0.15, 0.2) is 11.6 Å². The Morgan fingerprint density at radius 3 is 2.62 bits per heavy atom. The zero-order valence-electron chi connectivity index (χ0n) is 4.89. The van der Waals surface area contributed by atoms with Crippen LogP contribution in [0.2, 0.25) is 0 Å². The fraction of sp³-hybridized carbons (Fsp3) is 0.571. The van der Waals surface area contributed by atoms with Crippen molar-refractivity contribution in [2.75, 3.05) is 0 Å². The Morgan fingerprint density at radius 2 is 2.12 bits per heavy atom. The summed E-state index contributed by atoms with van der Waals surface area (Å²) in [4.78, 5) is 9.78. The summed E-state index contributed by atoms with van der Waals surface area (Å²) in [6.07, 6.45) is 7.36. The molecule has 0 atom stereocenters. The van der Waals surface area contributed by atoms with Gasteiger partial charge in [0, 0.05) is 6.42 Å². The molecule has 0 bridgehead atoms. The number of rotatable bonds is 3. The minimum atomic E-state index is 0.698. The Balaban J connectivity index is 2.02. The van der Waals surface area contributed by atoms with Gasteiger partial charge in [-0.15, -0.1) is 0 Å². The molecule has 0 aliphatic heterocycles. The first-order valence-corrected chi connectivity index (χ1v) is 3.05. The van der Waals surface area contributed by atoms with Crippen LogP contribution < -0.4 is 0 Å². The highest BCUT2D eigenvalue weighted by Crippen LogP contribution is 2.27. The van der Waals surface area contributed by atoms with E-state index in [1.807, 2.05) is 0 Å². The van der Waals surface area contributed by atoms with Gasteiger partial charge in [0.05, 0.1) is 0 Å². The molecule has 1 heteroatoms. The van der Waals surface area contributed by atoms with Crippen molar-refractivity contribution in [2.45, 2.75) is 25.7 Å². The van der Waals surface area contributed by atoms with Gasteiger partial charge in [-0.05, 0) is 19.3 Å². The number of carbonyl (C=O) groups is 1. The van der Waals surface area contributed by atoms with E-state index in [4.69, 9.17) is 0 Å². The third-order valence-corrected chi connectivity index (χ3v) is 1.26. The highest BCUT2D eigenvalue weighted by Gasteiger charge is 2.08. The molecule has 1 aliphatic carbocycles. The van der Waals surface area contributed by atoms with Crippen molar-refractivity contribution < 1.29 is 4.79 Å². The Kier molecular flexibility index (Phi) is 1.84. The summed E-state index contributed by atoms with van der Waals surface area (Å²) in [7, 11) is 0. The number of carbonyl (C=O) groups excluding carboxylic acids is 1. The molecule has 1 saturated carbocycles. The summed E-state index contributed by atoms with van der Waals surface area (Å²) in [6, 6.07) is 0. The number of allylic oxidation sites excluding steroid dienone is 2. The summed E-state index contributed by atoms with van der Waals surface area (Å²) in [6.45, 7) is 0. The van der Waals surface area contributed by atoms with E-state index in [1.54, 1.807) is 0 Å². The van der Waals surface area contributed by atoms with Gasteiger partial charge in [-0.3, -0.25) is 0 Å². The maximum Gasteiger partial charge on any atom is 0.120 e. The zero-order valence-corrected chi connectivity index (χ0v) is 4.89. The molecule has 1 rings (SSSR count). The van der Waals surface area contributed by atoms with Gasteiger partial charge in [-0.1, -0.05) is 11.6 Å². The van der Waals surface area contributed by atoms with Crippen molar-refractivity contribution in [1.82, 2.24) is 0 Å². The third kappa shape index (κ3) is 1.92. The molecule has 0 saturated heterocycles. The maximum absolute atomic E-state index is 9.78. The molecule has 0 radical (unpaired) electrons. The van der Waals surface area contributed by atoms with Crippen molar-refractivity contribution in [3.8, 4) is 0 Å². The van der Waals surface area contributed by atoms with E-state index < -0.39 is 0 Å². The first kappa shape index (κ1) is 5.54.